The zero-order chi connectivity index (χ0) is 29.4. The summed E-state index contributed by atoms with van der Waals surface area (Å²) in [4.78, 5) is 24.0. The highest BCUT2D eigenvalue weighted by atomic mass is 32.2. The van der Waals surface area contributed by atoms with E-state index in [1.807, 2.05) is 0 Å². The smallest absolute Gasteiger partial charge is 0.338 e. The molecule has 1 aliphatic heterocycles. The predicted molar refractivity (Wildman–Crippen MR) is 137 cm³/mol. The number of ether oxygens (including phenoxy) is 4. The largest absolute Gasteiger partial charge is 0.493 e. The summed E-state index contributed by atoms with van der Waals surface area (Å²) in [7, 11) is -3.59. The Bertz CT molecular complexity index is 1230. The maximum absolute atomic E-state index is 12.8. The summed E-state index contributed by atoms with van der Waals surface area (Å²) in [5.74, 6) is -1.75. The fourth-order valence-corrected chi connectivity index (χ4v) is 4.32. The molecule has 0 saturated carbocycles. The summed E-state index contributed by atoms with van der Waals surface area (Å²) in [5, 5.41) is 39.0. The van der Waals surface area contributed by atoms with Crippen molar-refractivity contribution in [3.63, 3.8) is 0 Å². The average molecular weight is 585 g/mol. The highest BCUT2D eigenvalue weighted by Gasteiger charge is 2.49. The van der Waals surface area contributed by atoms with Gasteiger partial charge in [-0.2, -0.15) is 8.42 Å². The Morgan fingerprint density at radius 3 is 2.10 bits per heavy atom. The van der Waals surface area contributed by atoms with Gasteiger partial charge in [0.2, 0.25) is 6.29 Å². The molecule has 1 saturated heterocycles. The fraction of sp³-hybridized carbons (Fsp3) is 0.462. The number of benzene rings is 2. The molecule has 2 aromatic rings. The van der Waals surface area contributed by atoms with E-state index in [-0.39, 0.29) is 18.8 Å². The number of carbonyl (C=O) groups excluding carboxylic acids is 1. The number of aliphatic carboxylic acids is 1. The van der Waals surface area contributed by atoms with Gasteiger partial charge in [0.05, 0.1) is 12.9 Å². The molecule has 0 amide bonds. The van der Waals surface area contributed by atoms with Crippen LogP contribution in [0.4, 0.5) is 0 Å². The number of carbonyl (C=O) groups is 2. The lowest BCUT2D eigenvalue weighted by atomic mass is 9.99. The molecule has 1 aliphatic rings. The van der Waals surface area contributed by atoms with Crippen molar-refractivity contribution in [1.29, 1.82) is 0 Å². The average Bonchev–Trinajstić information content (AvgIpc) is 2.89. The number of carboxylic acid groups (broad SMARTS) is 1. The second kappa shape index (κ2) is 13.9. The van der Waals surface area contributed by atoms with E-state index < -0.39 is 58.9 Å². The minimum Gasteiger partial charge on any atom is -0.493 e. The van der Waals surface area contributed by atoms with Crippen molar-refractivity contribution in [3.05, 3.63) is 59.7 Å². The molecular formula is C26H32O13S. The molecule has 0 bridgehead atoms. The molecule has 0 radical (unpaired) electrons. The van der Waals surface area contributed by atoms with E-state index >= 15 is 0 Å². The standard InChI is InChI=1S/C26H32O13S/c1-3-35-19(25(32)38-26-22(29)20(27)21(28)23(37-26)24(30)31)14-16-6-8-17(9-7-16)36-13-12-15-4-10-18(11-5-15)39-40(2,33)34/h4-11,19-23,26-29H,3,12-14H2,1-2H3,(H,30,31)/t19-,20-,21-,22+,23-,26-/m0/s1. The molecular weight excluding hydrogens is 552 g/mol. The van der Waals surface area contributed by atoms with Crippen LogP contribution >= 0.6 is 0 Å². The number of hydrogen-bond acceptors (Lipinski definition) is 12. The van der Waals surface area contributed by atoms with Crippen molar-refractivity contribution in [2.45, 2.75) is 56.6 Å². The summed E-state index contributed by atoms with van der Waals surface area (Å²) in [6.45, 7) is 2.16. The Balaban J connectivity index is 1.53. The van der Waals surface area contributed by atoms with Crippen LogP contribution in [0.2, 0.25) is 0 Å². The molecule has 220 valence electrons. The molecule has 14 heteroatoms. The number of carboxylic acids is 1. The summed E-state index contributed by atoms with van der Waals surface area (Å²) < 4.78 is 48.5. The molecule has 4 N–H and O–H groups in total. The van der Waals surface area contributed by atoms with Crippen molar-refractivity contribution < 1.29 is 61.6 Å². The van der Waals surface area contributed by atoms with Crippen molar-refractivity contribution in [3.8, 4) is 11.5 Å². The quantitative estimate of drug-likeness (QED) is 0.182. The number of aliphatic hydroxyl groups is 3. The lowest BCUT2D eigenvalue weighted by molar-refractivity contribution is -0.288. The molecule has 1 heterocycles. The third kappa shape index (κ3) is 8.87. The van der Waals surface area contributed by atoms with Crippen LogP contribution in [0.15, 0.2) is 48.5 Å². The number of rotatable bonds is 13. The van der Waals surface area contributed by atoms with Gasteiger partial charge in [-0.05, 0) is 42.3 Å². The first-order valence-electron chi connectivity index (χ1n) is 12.3. The lowest BCUT2D eigenvalue weighted by Crippen LogP contribution is -2.61. The molecule has 40 heavy (non-hydrogen) atoms. The van der Waals surface area contributed by atoms with Crippen LogP contribution < -0.4 is 8.92 Å². The van der Waals surface area contributed by atoms with Gasteiger partial charge in [-0.1, -0.05) is 24.3 Å². The normalized spacial score (nSPS) is 23.7. The van der Waals surface area contributed by atoms with Crippen LogP contribution in [0.25, 0.3) is 0 Å². The number of hydrogen-bond donors (Lipinski definition) is 4. The SMILES string of the molecule is CCO[C@@H](Cc1ccc(OCCc2ccc(OS(C)(=O)=O)cc2)cc1)C(=O)O[C@@H]1O[C@H](C(=O)O)[C@@H](O)[C@H](O)[C@H]1O. The molecule has 1 fully saturated rings. The molecule has 13 nitrogen and oxygen atoms in total. The van der Waals surface area contributed by atoms with Crippen LogP contribution in [0.5, 0.6) is 11.5 Å². The molecule has 3 rings (SSSR count). The molecule has 6 atom stereocenters. The Hall–Kier alpha value is -3.27. The van der Waals surface area contributed by atoms with Gasteiger partial charge < -0.3 is 43.6 Å². The summed E-state index contributed by atoms with van der Waals surface area (Å²) in [6, 6.07) is 13.4. The van der Waals surface area contributed by atoms with Crippen LogP contribution in [-0.4, -0.2) is 97.1 Å². The molecule has 2 aromatic carbocycles. The van der Waals surface area contributed by atoms with E-state index in [0.29, 0.717) is 24.3 Å². The first kappa shape index (κ1) is 31.3. The van der Waals surface area contributed by atoms with Gasteiger partial charge in [-0.25, -0.2) is 9.59 Å². The Labute approximate surface area is 230 Å². The highest BCUT2D eigenvalue weighted by molar-refractivity contribution is 7.86. The van der Waals surface area contributed by atoms with E-state index in [9.17, 15) is 33.3 Å². The molecule has 0 unspecified atom stereocenters. The van der Waals surface area contributed by atoms with Crippen LogP contribution in [0.1, 0.15) is 18.1 Å². The minimum atomic E-state index is -3.59. The third-order valence-corrected chi connectivity index (χ3v) is 6.35. The topological polar surface area (TPSA) is 195 Å². The zero-order valence-electron chi connectivity index (χ0n) is 21.8. The van der Waals surface area contributed by atoms with Gasteiger partial charge in [0.25, 0.3) is 0 Å². The minimum absolute atomic E-state index is 0.0746. The molecule has 0 aromatic heterocycles. The van der Waals surface area contributed by atoms with Crippen molar-refractivity contribution in [2.75, 3.05) is 19.5 Å². The number of esters is 1. The van der Waals surface area contributed by atoms with Crippen LogP contribution in [0, 0.1) is 0 Å². The fourth-order valence-electron chi connectivity index (χ4n) is 3.86. The van der Waals surface area contributed by atoms with Crippen molar-refractivity contribution in [2.24, 2.45) is 0 Å². The van der Waals surface area contributed by atoms with Gasteiger partial charge in [0.15, 0.2) is 12.2 Å². The van der Waals surface area contributed by atoms with Gasteiger partial charge >= 0.3 is 22.1 Å². The van der Waals surface area contributed by atoms with E-state index in [0.717, 1.165) is 11.8 Å². The first-order chi connectivity index (χ1) is 18.9. The predicted octanol–water partition coefficient (Wildman–Crippen LogP) is 0.0295. The maximum Gasteiger partial charge on any atom is 0.338 e. The Morgan fingerprint density at radius 2 is 1.52 bits per heavy atom. The second-order valence-corrected chi connectivity index (χ2v) is 10.6. The monoisotopic (exact) mass is 584 g/mol. The molecule has 0 spiro atoms. The van der Waals surface area contributed by atoms with Crippen molar-refractivity contribution >= 4 is 22.1 Å². The summed E-state index contributed by atoms with van der Waals surface area (Å²) >= 11 is 0. The van der Waals surface area contributed by atoms with E-state index in [1.54, 1.807) is 55.5 Å². The third-order valence-electron chi connectivity index (χ3n) is 5.85. The van der Waals surface area contributed by atoms with Crippen LogP contribution in [0.3, 0.4) is 0 Å². The molecule has 0 aliphatic carbocycles. The van der Waals surface area contributed by atoms with E-state index in [2.05, 4.69) is 0 Å². The summed E-state index contributed by atoms with van der Waals surface area (Å²) in [6.07, 6.45) is -8.93. The van der Waals surface area contributed by atoms with Crippen molar-refractivity contribution in [1.82, 2.24) is 0 Å². The lowest BCUT2D eigenvalue weighted by Gasteiger charge is -2.38. The van der Waals surface area contributed by atoms with Gasteiger partial charge in [-0.15, -0.1) is 0 Å². The Morgan fingerprint density at radius 1 is 0.925 bits per heavy atom. The number of aliphatic hydroxyl groups excluding tert-OH is 3. The van der Waals surface area contributed by atoms with Gasteiger partial charge in [0, 0.05) is 19.4 Å². The van der Waals surface area contributed by atoms with E-state index in [4.69, 9.17) is 28.2 Å². The second-order valence-electron chi connectivity index (χ2n) is 8.99. The highest BCUT2D eigenvalue weighted by Crippen LogP contribution is 2.24. The Kier molecular flexibility index (Phi) is 10.8. The zero-order valence-corrected chi connectivity index (χ0v) is 22.6. The maximum atomic E-state index is 12.8. The van der Waals surface area contributed by atoms with Gasteiger partial charge in [-0.3, -0.25) is 0 Å². The first-order valence-corrected chi connectivity index (χ1v) is 14.1. The van der Waals surface area contributed by atoms with Gasteiger partial charge in [0.1, 0.15) is 29.8 Å². The van der Waals surface area contributed by atoms with E-state index in [1.165, 1.54) is 0 Å². The summed E-state index contributed by atoms with van der Waals surface area (Å²) in [5.41, 5.74) is 1.60. The van der Waals surface area contributed by atoms with Crippen LogP contribution in [-0.2, 0) is 46.8 Å².